The Bertz CT molecular complexity index is 1200. The van der Waals surface area contributed by atoms with E-state index < -0.39 is 42.2 Å². The van der Waals surface area contributed by atoms with E-state index in [-0.39, 0.29) is 10.6 Å². The van der Waals surface area contributed by atoms with Crippen molar-refractivity contribution < 1.29 is 24.2 Å². The van der Waals surface area contributed by atoms with Crippen molar-refractivity contribution in [2.45, 2.75) is 45.4 Å². The van der Waals surface area contributed by atoms with Crippen molar-refractivity contribution in [2.75, 3.05) is 11.9 Å². The van der Waals surface area contributed by atoms with Crippen LogP contribution in [0.5, 0.6) is 0 Å². The third-order valence-electron chi connectivity index (χ3n) is 4.94. The van der Waals surface area contributed by atoms with Gasteiger partial charge in [-0.3, -0.25) is 14.5 Å². The van der Waals surface area contributed by atoms with Gasteiger partial charge in [-0.2, -0.15) is 0 Å². The number of hydrogen-bond acceptors (Lipinski definition) is 5. The number of aliphatic hydroxyl groups excluding tert-OH is 1. The summed E-state index contributed by atoms with van der Waals surface area (Å²) >= 11 is 6.28. The number of nitrogens with one attached hydrogen (secondary N) is 2. The first kappa shape index (κ1) is 28.3. The molecule has 0 saturated heterocycles. The first-order valence-electron chi connectivity index (χ1n) is 10.9. The van der Waals surface area contributed by atoms with E-state index in [2.05, 4.69) is 22.6 Å². The summed E-state index contributed by atoms with van der Waals surface area (Å²) in [5, 5.41) is 15.1. The number of aryl methyl sites for hydroxylation is 1. The van der Waals surface area contributed by atoms with Crippen LogP contribution in [0.25, 0.3) is 0 Å². The van der Waals surface area contributed by atoms with Gasteiger partial charge in [0.1, 0.15) is 11.6 Å². The fourth-order valence-electron chi connectivity index (χ4n) is 3.31. The lowest BCUT2D eigenvalue weighted by molar-refractivity contribution is -0.137. The number of aliphatic hydroxyl groups is 1. The van der Waals surface area contributed by atoms with Gasteiger partial charge in [0.05, 0.1) is 17.3 Å². The number of hydrogen-bond donors (Lipinski definition) is 3. The molecule has 8 nitrogen and oxygen atoms in total. The third-order valence-corrected chi connectivity index (χ3v) is 5.25. The predicted molar refractivity (Wildman–Crippen MR) is 138 cm³/mol. The number of para-hydroxylation sites is 1. The van der Waals surface area contributed by atoms with Crippen LogP contribution < -0.4 is 10.6 Å². The first-order chi connectivity index (χ1) is 16.9. The number of ether oxygens (including phenoxy) is 1. The number of anilines is 1. The number of halogens is 1. The highest BCUT2D eigenvalue weighted by molar-refractivity contribution is 6.34. The molecule has 2 aromatic carbocycles. The summed E-state index contributed by atoms with van der Waals surface area (Å²) in [6.45, 7) is 5.88. The van der Waals surface area contributed by atoms with Crippen LogP contribution in [0.15, 0.2) is 42.5 Å². The Morgan fingerprint density at radius 2 is 1.81 bits per heavy atom. The van der Waals surface area contributed by atoms with Gasteiger partial charge in [-0.25, -0.2) is 4.79 Å². The normalized spacial score (nSPS) is 12.3. The quantitative estimate of drug-likeness (QED) is 0.390. The van der Waals surface area contributed by atoms with Gasteiger partial charge in [0.15, 0.2) is 6.04 Å². The number of carbonyl (C=O) groups excluding carboxylic acids is 3. The zero-order valence-electron chi connectivity index (χ0n) is 20.5. The molecule has 3 N–H and O–H groups in total. The number of terminal acetylenes is 2. The molecular formula is C27H28ClN3O5. The molecule has 188 valence electrons. The molecule has 0 aliphatic carbocycles. The van der Waals surface area contributed by atoms with Crippen LogP contribution in [0.3, 0.4) is 0 Å². The van der Waals surface area contributed by atoms with Crippen molar-refractivity contribution in [1.82, 2.24) is 10.2 Å². The molecule has 0 aliphatic rings. The van der Waals surface area contributed by atoms with E-state index in [4.69, 9.17) is 29.2 Å². The van der Waals surface area contributed by atoms with E-state index in [9.17, 15) is 19.5 Å². The lowest BCUT2D eigenvalue weighted by Gasteiger charge is -2.30. The van der Waals surface area contributed by atoms with Crippen LogP contribution in [0.1, 0.15) is 43.5 Å². The highest BCUT2D eigenvalue weighted by atomic mass is 35.5. The summed E-state index contributed by atoms with van der Waals surface area (Å²) in [6.07, 6.45) is 10.4. The summed E-state index contributed by atoms with van der Waals surface area (Å²) < 4.78 is 5.16. The Labute approximate surface area is 216 Å². The molecule has 0 aliphatic heterocycles. The molecule has 2 atom stereocenters. The standard InChI is InChI=1S/C27H28ClN3O5/c1-7-18-13-9-10-14-19(18)23(24(33)30-22-17(3)12-11-15-20(22)28)31(8-2)25(34)21(16-32)29-26(35)36-27(4,5)6/h1-2,9-15,21,23,32H,16H2,3-6H3,(H,29,35)(H,30,33). The highest BCUT2D eigenvalue weighted by Crippen LogP contribution is 2.30. The van der Waals surface area contributed by atoms with Gasteiger partial charge in [0, 0.05) is 17.2 Å². The largest absolute Gasteiger partial charge is 0.444 e. The lowest BCUT2D eigenvalue weighted by atomic mass is 9.97. The number of alkyl carbamates (subject to hydrolysis) is 1. The maximum atomic E-state index is 13.6. The average molecular weight is 510 g/mol. The second kappa shape index (κ2) is 12.1. The molecule has 0 spiro atoms. The van der Waals surface area contributed by atoms with Crippen molar-refractivity contribution in [1.29, 1.82) is 0 Å². The Kier molecular flexibility index (Phi) is 9.52. The molecule has 2 aromatic rings. The monoisotopic (exact) mass is 509 g/mol. The molecule has 9 heteroatoms. The summed E-state index contributed by atoms with van der Waals surface area (Å²) in [5.74, 6) is 0.863. The second-order valence-electron chi connectivity index (χ2n) is 8.77. The van der Waals surface area contributed by atoms with Gasteiger partial charge in [-0.05, 0) is 45.4 Å². The topological polar surface area (TPSA) is 108 Å². The van der Waals surface area contributed by atoms with E-state index in [1.165, 1.54) is 0 Å². The van der Waals surface area contributed by atoms with Crippen molar-refractivity contribution in [3.05, 3.63) is 64.2 Å². The molecule has 3 amide bonds. The van der Waals surface area contributed by atoms with Crippen LogP contribution in [0.2, 0.25) is 5.02 Å². The molecule has 0 aromatic heterocycles. The number of nitrogens with zero attached hydrogens (tertiary/aromatic N) is 1. The maximum Gasteiger partial charge on any atom is 0.408 e. The molecule has 2 rings (SSSR count). The molecular weight excluding hydrogens is 482 g/mol. The zero-order chi connectivity index (χ0) is 27.0. The third kappa shape index (κ3) is 7.02. The Morgan fingerprint density at radius 3 is 2.36 bits per heavy atom. The van der Waals surface area contributed by atoms with Crippen molar-refractivity contribution >= 4 is 35.2 Å². The van der Waals surface area contributed by atoms with Crippen molar-refractivity contribution in [2.24, 2.45) is 0 Å². The number of amides is 3. The summed E-state index contributed by atoms with van der Waals surface area (Å²) in [7, 11) is 0. The van der Waals surface area contributed by atoms with Crippen LogP contribution in [-0.4, -0.2) is 46.2 Å². The SMILES string of the molecule is C#Cc1ccccc1C(C(=O)Nc1c(C)cccc1Cl)N(C#C)C(=O)C(CO)NC(=O)OC(C)(C)C. The Morgan fingerprint density at radius 1 is 1.14 bits per heavy atom. The Balaban J connectivity index is 2.52. The van der Waals surface area contributed by atoms with E-state index >= 15 is 0 Å². The van der Waals surface area contributed by atoms with Crippen LogP contribution in [0.4, 0.5) is 10.5 Å². The van der Waals surface area contributed by atoms with Gasteiger partial charge in [-0.15, -0.1) is 6.42 Å². The summed E-state index contributed by atoms with van der Waals surface area (Å²) in [4.78, 5) is 40.0. The average Bonchev–Trinajstić information content (AvgIpc) is 2.81. The first-order valence-corrected chi connectivity index (χ1v) is 11.3. The molecule has 0 saturated carbocycles. The Hall–Kier alpha value is -3.98. The molecule has 36 heavy (non-hydrogen) atoms. The van der Waals surface area contributed by atoms with Gasteiger partial charge in [0.2, 0.25) is 0 Å². The fraction of sp³-hybridized carbons (Fsp3) is 0.296. The number of carbonyl (C=O) groups is 3. The maximum absolute atomic E-state index is 13.6. The molecule has 0 bridgehead atoms. The van der Waals surface area contributed by atoms with Crippen LogP contribution in [0, 0.1) is 31.7 Å². The summed E-state index contributed by atoms with van der Waals surface area (Å²) in [5.41, 5.74) is 0.755. The zero-order valence-corrected chi connectivity index (χ0v) is 21.2. The van der Waals surface area contributed by atoms with E-state index in [1.54, 1.807) is 70.2 Å². The molecule has 0 heterocycles. The van der Waals surface area contributed by atoms with Gasteiger partial charge in [0.25, 0.3) is 11.8 Å². The fourth-order valence-corrected chi connectivity index (χ4v) is 3.58. The van der Waals surface area contributed by atoms with Crippen LogP contribution in [-0.2, 0) is 14.3 Å². The minimum Gasteiger partial charge on any atom is -0.444 e. The second-order valence-corrected chi connectivity index (χ2v) is 9.18. The van der Waals surface area contributed by atoms with Gasteiger partial charge in [-0.1, -0.05) is 54.3 Å². The molecule has 0 fully saturated rings. The van der Waals surface area contributed by atoms with E-state index in [1.807, 2.05) is 0 Å². The van der Waals surface area contributed by atoms with Gasteiger partial charge < -0.3 is 20.5 Å². The lowest BCUT2D eigenvalue weighted by Crippen LogP contribution is -2.52. The molecule has 0 radical (unpaired) electrons. The van der Waals surface area contributed by atoms with E-state index in [0.29, 0.717) is 16.8 Å². The van der Waals surface area contributed by atoms with Crippen molar-refractivity contribution in [3.8, 4) is 24.8 Å². The van der Waals surface area contributed by atoms with Crippen LogP contribution >= 0.6 is 11.6 Å². The molecule has 2 unspecified atom stereocenters. The smallest absolute Gasteiger partial charge is 0.408 e. The number of rotatable bonds is 7. The number of benzene rings is 2. The predicted octanol–water partition coefficient (Wildman–Crippen LogP) is 3.61. The van der Waals surface area contributed by atoms with Gasteiger partial charge >= 0.3 is 6.09 Å². The van der Waals surface area contributed by atoms with Crippen molar-refractivity contribution in [3.63, 3.8) is 0 Å². The van der Waals surface area contributed by atoms with E-state index in [0.717, 1.165) is 4.90 Å². The summed E-state index contributed by atoms with van der Waals surface area (Å²) in [6, 6.07) is 10.8. The minimum absolute atomic E-state index is 0.266. The minimum atomic E-state index is -1.49. The highest BCUT2D eigenvalue weighted by Gasteiger charge is 2.37.